The van der Waals surface area contributed by atoms with Gasteiger partial charge in [0.15, 0.2) is 11.5 Å². The van der Waals surface area contributed by atoms with Gasteiger partial charge in [0.25, 0.3) is 0 Å². The van der Waals surface area contributed by atoms with Gasteiger partial charge in [0, 0.05) is 12.1 Å². The minimum Gasteiger partial charge on any atom is -0.493 e. The van der Waals surface area contributed by atoms with E-state index in [0.29, 0.717) is 30.9 Å². The molecule has 2 aromatic carbocycles. The van der Waals surface area contributed by atoms with E-state index in [4.69, 9.17) is 9.47 Å². The van der Waals surface area contributed by atoms with Crippen molar-refractivity contribution in [2.24, 2.45) is 0 Å². The highest BCUT2D eigenvalue weighted by atomic mass is 16.5. The highest BCUT2D eigenvalue weighted by molar-refractivity contribution is 5.90. The molecule has 0 unspecified atom stereocenters. The zero-order chi connectivity index (χ0) is 15.8. The molecule has 0 aliphatic rings. The molecular weight excluding hydrogens is 278 g/mol. The van der Waals surface area contributed by atoms with E-state index in [1.54, 1.807) is 7.11 Å². The van der Waals surface area contributed by atoms with Crippen molar-refractivity contribution in [2.75, 3.05) is 19.0 Å². The van der Waals surface area contributed by atoms with Crippen LogP contribution < -0.4 is 14.8 Å². The van der Waals surface area contributed by atoms with Gasteiger partial charge in [-0.15, -0.1) is 0 Å². The molecule has 0 heterocycles. The van der Waals surface area contributed by atoms with Crippen molar-refractivity contribution in [2.45, 2.75) is 19.8 Å². The van der Waals surface area contributed by atoms with Crippen LogP contribution in [0.2, 0.25) is 0 Å². The van der Waals surface area contributed by atoms with Gasteiger partial charge in [0.1, 0.15) is 0 Å². The Morgan fingerprint density at radius 2 is 1.86 bits per heavy atom. The average molecular weight is 299 g/mol. The first-order valence-electron chi connectivity index (χ1n) is 7.31. The van der Waals surface area contributed by atoms with Gasteiger partial charge < -0.3 is 14.8 Å². The molecular formula is C18H21NO3. The number of hydrogen-bond donors (Lipinski definition) is 1. The van der Waals surface area contributed by atoms with Gasteiger partial charge >= 0.3 is 0 Å². The first-order chi connectivity index (χ1) is 10.7. The van der Waals surface area contributed by atoms with E-state index in [1.807, 2.05) is 55.5 Å². The van der Waals surface area contributed by atoms with Gasteiger partial charge in [-0.1, -0.05) is 24.3 Å². The second-order valence-electron chi connectivity index (χ2n) is 5.02. The summed E-state index contributed by atoms with van der Waals surface area (Å²) in [5, 5.41) is 2.88. The number of amides is 1. The van der Waals surface area contributed by atoms with E-state index in [-0.39, 0.29) is 5.91 Å². The Bertz CT molecular complexity index is 625. The normalized spacial score (nSPS) is 10.1. The molecule has 2 aromatic rings. The summed E-state index contributed by atoms with van der Waals surface area (Å²) in [5.74, 6) is 1.39. The molecule has 0 fully saturated rings. The van der Waals surface area contributed by atoms with Crippen LogP contribution in [0.25, 0.3) is 0 Å². The number of methoxy groups -OCH3 is 1. The topological polar surface area (TPSA) is 47.6 Å². The van der Waals surface area contributed by atoms with Crippen LogP contribution in [0.4, 0.5) is 5.69 Å². The van der Waals surface area contributed by atoms with E-state index in [9.17, 15) is 4.79 Å². The summed E-state index contributed by atoms with van der Waals surface area (Å²) in [7, 11) is 1.61. The molecule has 0 saturated carbocycles. The summed E-state index contributed by atoms with van der Waals surface area (Å²) < 4.78 is 10.9. The van der Waals surface area contributed by atoms with E-state index < -0.39 is 0 Å². The van der Waals surface area contributed by atoms with Crippen LogP contribution in [-0.2, 0) is 4.79 Å². The zero-order valence-electron chi connectivity index (χ0n) is 13.0. The lowest BCUT2D eigenvalue weighted by atomic mass is 10.2. The molecule has 0 saturated heterocycles. The number of carbonyl (C=O) groups is 1. The van der Waals surface area contributed by atoms with Crippen LogP contribution in [-0.4, -0.2) is 19.6 Å². The third-order valence-electron chi connectivity index (χ3n) is 3.18. The summed E-state index contributed by atoms with van der Waals surface area (Å²) in [6, 6.07) is 15.2. The maximum atomic E-state index is 11.9. The Kier molecular flexibility index (Phi) is 5.83. The summed E-state index contributed by atoms with van der Waals surface area (Å²) in [6.07, 6.45) is 1.07. The standard InChI is InChI=1S/C18H21NO3/c1-14-7-5-8-15(13-14)19-18(20)11-6-12-22-17-10-4-3-9-16(17)21-2/h3-5,7-10,13H,6,11-12H2,1-2H3,(H,19,20). The SMILES string of the molecule is COc1ccccc1OCCCC(=O)Nc1cccc(C)c1. The third kappa shape index (κ3) is 4.81. The molecule has 0 bridgehead atoms. The van der Waals surface area contributed by atoms with Gasteiger partial charge in [-0.25, -0.2) is 0 Å². The largest absolute Gasteiger partial charge is 0.493 e. The summed E-state index contributed by atoms with van der Waals surface area (Å²) in [4.78, 5) is 11.9. The first kappa shape index (κ1) is 15.9. The molecule has 4 heteroatoms. The van der Waals surface area contributed by atoms with Crippen molar-refractivity contribution < 1.29 is 14.3 Å². The third-order valence-corrected chi connectivity index (χ3v) is 3.18. The summed E-state index contributed by atoms with van der Waals surface area (Å²) in [5.41, 5.74) is 1.95. The van der Waals surface area contributed by atoms with Crippen molar-refractivity contribution in [1.82, 2.24) is 0 Å². The monoisotopic (exact) mass is 299 g/mol. The number of anilines is 1. The lowest BCUT2D eigenvalue weighted by Crippen LogP contribution is -2.12. The molecule has 4 nitrogen and oxygen atoms in total. The maximum Gasteiger partial charge on any atom is 0.224 e. The molecule has 116 valence electrons. The molecule has 1 amide bonds. The number of nitrogens with one attached hydrogen (secondary N) is 1. The van der Waals surface area contributed by atoms with E-state index >= 15 is 0 Å². The van der Waals surface area contributed by atoms with Crippen molar-refractivity contribution in [3.8, 4) is 11.5 Å². The number of rotatable bonds is 7. The molecule has 0 atom stereocenters. The predicted octanol–water partition coefficient (Wildman–Crippen LogP) is 3.80. The fourth-order valence-corrected chi connectivity index (χ4v) is 2.10. The van der Waals surface area contributed by atoms with Gasteiger partial charge in [-0.3, -0.25) is 4.79 Å². The van der Waals surface area contributed by atoms with Crippen molar-refractivity contribution >= 4 is 11.6 Å². The number of hydrogen-bond acceptors (Lipinski definition) is 3. The van der Waals surface area contributed by atoms with Crippen LogP contribution in [0.3, 0.4) is 0 Å². The van der Waals surface area contributed by atoms with Gasteiger partial charge in [-0.2, -0.15) is 0 Å². The number of aryl methyl sites for hydroxylation is 1. The molecule has 0 radical (unpaired) electrons. The lowest BCUT2D eigenvalue weighted by molar-refractivity contribution is -0.116. The molecule has 22 heavy (non-hydrogen) atoms. The second-order valence-corrected chi connectivity index (χ2v) is 5.02. The Balaban J connectivity index is 1.73. The zero-order valence-corrected chi connectivity index (χ0v) is 13.0. The van der Waals surface area contributed by atoms with Crippen LogP contribution in [0.1, 0.15) is 18.4 Å². The Hall–Kier alpha value is -2.49. The van der Waals surface area contributed by atoms with Crippen molar-refractivity contribution in [3.05, 3.63) is 54.1 Å². The predicted molar refractivity (Wildman–Crippen MR) is 87.5 cm³/mol. The number of carbonyl (C=O) groups excluding carboxylic acids is 1. The van der Waals surface area contributed by atoms with E-state index in [2.05, 4.69) is 5.32 Å². The highest BCUT2D eigenvalue weighted by Gasteiger charge is 2.05. The summed E-state index contributed by atoms with van der Waals surface area (Å²) in [6.45, 7) is 2.47. The fourth-order valence-electron chi connectivity index (χ4n) is 2.10. The van der Waals surface area contributed by atoms with Crippen LogP contribution in [0.15, 0.2) is 48.5 Å². The van der Waals surface area contributed by atoms with Crippen molar-refractivity contribution in [1.29, 1.82) is 0 Å². The summed E-state index contributed by atoms with van der Waals surface area (Å²) >= 11 is 0. The number of benzene rings is 2. The number of ether oxygens (including phenoxy) is 2. The molecule has 0 aromatic heterocycles. The van der Waals surface area contributed by atoms with Crippen LogP contribution in [0, 0.1) is 6.92 Å². The smallest absolute Gasteiger partial charge is 0.224 e. The maximum absolute atomic E-state index is 11.9. The average Bonchev–Trinajstić information content (AvgIpc) is 2.52. The van der Waals surface area contributed by atoms with E-state index in [0.717, 1.165) is 11.3 Å². The van der Waals surface area contributed by atoms with E-state index in [1.165, 1.54) is 0 Å². The van der Waals surface area contributed by atoms with Gasteiger partial charge in [-0.05, 0) is 43.2 Å². The minimum atomic E-state index is -0.00535. The lowest BCUT2D eigenvalue weighted by Gasteiger charge is -2.10. The quantitative estimate of drug-likeness (QED) is 0.791. The molecule has 2 rings (SSSR count). The second kappa shape index (κ2) is 8.08. The molecule has 0 aliphatic carbocycles. The number of para-hydroxylation sites is 2. The molecule has 1 N–H and O–H groups in total. The molecule has 0 aliphatic heterocycles. The highest BCUT2D eigenvalue weighted by Crippen LogP contribution is 2.25. The Labute approximate surface area is 131 Å². The van der Waals surface area contributed by atoms with Gasteiger partial charge in [0.05, 0.1) is 13.7 Å². The molecule has 0 spiro atoms. The van der Waals surface area contributed by atoms with Crippen LogP contribution >= 0.6 is 0 Å². The Morgan fingerprint density at radius 1 is 1.09 bits per heavy atom. The van der Waals surface area contributed by atoms with Gasteiger partial charge in [0.2, 0.25) is 5.91 Å². The fraction of sp³-hybridized carbons (Fsp3) is 0.278. The first-order valence-corrected chi connectivity index (χ1v) is 7.31. The minimum absolute atomic E-state index is 0.00535. The van der Waals surface area contributed by atoms with Crippen LogP contribution in [0.5, 0.6) is 11.5 Å². The Morgan fingerprint density at radius 3 is 2.59 bits per heavy atom. The van der Waals surface area contributed by atoms with Crippen molar-refractivity contribution in [3.63, 3.8) is 0 Å².